The number of aromatic hydroxyl groups is 2. The first-order valence-corrected chi connectivity index (χ1v) is 8.06. The van der Waals surface area contributed by atoms with E-state index in [1.165, 1.54) is 38.1 Å². The lowest BCUT2D eigenvalue weighted by molar-refractivity contribution is -0.130. The molecule has 0 amide bonds. The second-order valence-corrected chi connectivity index (χ2v) is 6.03. The standard InChI is InChI=1S/C21H18O7/c1-11(2)20(25)27-13-5-7-15(17(22)9-13)19(24)16-8-6-14(10-18(16)23)28-21(26)12(3)4/h5-10,22-23H,1,3H2,2,4H3. The molecule has 2 aromatic rings. The van der Waals surface area contributed by atoms with Gasteiger partial charge in [0.1, 0.15) is 23.0 Å². The fraction of sp³-hybridized carbons (Fsp3) is 0.0952. The van der Waals surface area contributed by atoms with Crippen molar-refractivity contribution in [2.75, 3.05) is 0 Å². The summed E-state index contributed by atoms with van der Waals surface area (Å²) >= 11 is 0. The molecule has 2 N–H and O–H groups in total. The highest BCUT2D eigenvalue weighted by atomic mass is 16.5. The van der Waals surface area contributed by atoms with Gasteiger partial charge in [-0.25, -0.2) is 9.59 Å². The maximum absolute atomic E-state index is 12.6. The fourth-order valence-electron chi connectivity index (χ4n) is 2.07. The smallest absolute Gasteiger partial charge is 0.338 e. The molecule has 0 aromatic heterocycles. The summed E-state index contributed by atoms with van der Waals surface area (Å²) in [5.41, 5.74) is 0.128. The minimum atomic E-state index is -0.675. The molecule has 0 bridgehead atoms. The molecule has 0 saturated heterocycles. The van der Waals surface area contributed by atoms with E-state index in [9.17, 15) is 24.6 Å². The van der Waals surface area contributed by atoms with Crippen molar-refractivity contribution in [3.8, 4) is 23.0 Å². The van der Waals surface area contributed by atoms with Crippen molar-refractivity contribution in [3.63, 3.8) is 0 Å². The molecule has 0 heterocycles. The molecule has 2 aromatic carbocycles. The van der Waals surface area contributed by atoms with Gasteiger partial charge < -0.3 is 19.7 Å². The molecule has 0 spiro atoms. The Hall–Kier alpha value is -3.87. The molecule has 0 aliphatic heterocycles. The second kappa shape index (κ2) is 8.22. The lowest BCUT2D eigenvalue weighted by Crippen LogP contribution is -2.09. The SMILES string of the molecule is C=C(C)C(=O)Oc1ccc(C(=O)c2ccc(OC(=O)C(=C)C)cc2O)c(O)c1. The van der Waals surface area contributed by atoms with Gasteiger partial charge in [-0.15, -0.1) is 0 Å². The predicted octanol–water partition coefficient (Wildman–Crippen LogP) is 3.29. The third-order valence-corrected chi connectivity index (χ3v) is 3.55. The summed E-state index contributed by atoms with van der Waals surface area (Å²) in [5.74, 6) is -2.82. The number of ketones is 1. The monoisotopic (exact) mass is 382 g/mol. The molecule has 28 heavy (non-hydrogen) atoms. The van der Waals surface area contributed by atoms with Crippen LogP contribution < -0.4 is 9.47 Å². The fourth-order valence-corrected chi connectivity index (χ4v) is 2.07. The van der Waals surface area contributed by atoms with Gasteiger partial charge in [-0.3, -0.25) is 4.79 Å². The highest BCUT2D eigenvalue weighted by molar-refractivity contribution is 6.12. The molecule has 0 saturated carbocycles. The van der Waals surface area contributed by atoms with Crippen LogP contribution in [0.15, 0.2) is 60.7 Å². The summed E-state index contributed by atoms with van der Waals surface area (Å²) in [6.07, 6.45) is 0. The van der Waals surface area contributed by atoms with Gasteiger partial charge in [-0.2, -0.15) is 0 Å². The summed E-state index contributed by atoms with van der Waals surface area (Å²) < 4.78 is 9.96. The Labute approximate surface area is 161 Å². The van der Waals surface area contributed by atoms with Crippen LogP contribution in [-0.2, 0) is 9.59 Å². The lowest BCUT2D eigenvalue weighted by Gasteiger charge is -2.10. The number of hydrogen-bond donors (Lipinski definition) is 2. The van der Waals surface area contributed by atoms with E-state index in [2.05, 4.69) is 13.2 Å². The molecular weight excluding hydrogens is 364 g/mol. The summed E-state index contributed by atoms with van der Waals surface area (Å²) in [7, 11) is 0. The van der Waals surface area contributed by atoms with E-state index in [0.29, 0.717) is 0 Å². The third-order valence-electron chi connectivity index (χ3n) is 3.55. The van der Waals surface area contributed by atoms with E-state index < -0.39 is 29.2 Å². The zero-order valence-corrected chi connectivity index (χ0v) is 15.3. The number of carbonyl (C=O) groups is 3. The number of rotatable bonds is 6. The van der Waals surface area contributed by atoms with Crippen LogP contribution in [0, 0.1) is 0 Å². The first-order valence-electron chi connectivity index (χ1n) is 8.06. The largest absolute Gasteiger partial charge is 0.507 e. The third kappa shape index (κ3) is 4.64. The average Bonchev–Trinajstić information content (AvgIpc) is 2.61. The Balaban J connectivity index is 2.26. The van der Waals surface area contributed by atoms with E-state index >= 15 is 0 Å². The Kier molecular flexibility index (Phi) is 6.00. The topological polar surface area (TPSA) is 110 Å². The molecule has 144 valence electrons. The molecule has 0 aliphatic carbocycles. The van der Waals surface area contributed by atoms with Crippen LogP contribution in [0.4, 0.5) is 0 Å². The number of carbonyl (C=O) groups excluding carboxylic acids is 3. The number of benzene rings is 2. The molecule has 7 heteroatoms. The maximum Gasteiger partial charge on any atom is 0.338 e. The molecule has 0 atom stereocenters. The van der Waals surface area contributed by atoms with Gasteiger partial charge >= 0.3 is 11.9 Å². The van der Waals surface area contributed by atoms with Crippen molar-refractivity contribution in [3.05, 3.63) is 71.8 Å². The van der Waals surface area contributed by atoms with Crippen molar-refractivity contribution >= 4 is 17.7 Å². The van der Waals surface area contributed by atoms with Crippen molar-refractivity contribution in [2.45, 2.75) is 13.8 Å². The second-order valence-electron chi connectivity index (χ2n) is 6.03. The first kappa shape index (κ1) is 20.4. The van der Waals surface area contributed by atoms with E-state index in [1.807, 2.05) is 0 Å². The van der Waals surface area contributed by atoms with Crippen LogP contribution in [0.3, 0.4) is 0 Å². The van der Waals surface area contributed by atoms with Crippen LogP contribution in [0.25, 0.3) is 0 Å². The van der Waals surface area contributed by atoms with Gasteiger partial charge in [0.15, 0.2) is 5.78 Å². The van der Waals surface area contributed by atoms with Crippen LogP contribution in [-0.4, -0.2) is 27.9 Å². The van der Waals surface area contributed by atoms with Crippen LogP contribution in [0.5, 0.6) is 23.0 Å². The molecular formula is C21H18O7. The Morgan fingerprint density at radius 1 is 0.750 bits per heavy atom. The van der Waals surface area contributed by atoms with Gasteiger partial charge in [-0.05, 0) is 38.1 Å². The van der Waals surface area contributed by atoms with Crippen molar-refractivity contribution in [1.82, 2.24) is 0 Å². The molecule has 0 radical (unpaired) electrons. The quantitative estimate of drug-likeness (QED) is 0.341. The summed E-state index contributed by atoms with van der Waals surface area (Å²) in [6.45, 7) is 9.84. The van der Waals surface area contributed by atoms with Gasteiger partial charge in [-0.1, -0.05) is 13.2 Å². The minimum Gasteiger partial charge on any atom is -0.507 e. The Morgan fingerprint density at radius 3 is 1.39 bits per heavy atom. The van der Waals surface area contributed by atoms with Gasteiger partial charge in [0.25, 0.3) is 0 Å². The molecule has 2 rings (SSSR count). The van der Waals surface area contributed by atoms with Crippen molar-refractivity contribution < 1.29 is 34.1 Å². The van der Waals surface area contributed by atoms with Crippen LogP contribution >= 0.6 is 0 Å². The zero-order valence-electron chi connectivity index (χ0n) is 15.3. The maximum atomic E-state index is 12.6. The summed E-state index contributed by atoms with van der Waals surface area (Å²) in [4.78, 5) is 35.6. The Bertz CT molecular complexity index is 922. The normalized spacial score (nSPS) is 10.1. The minimum absolute atomic E-state index is 0.0355. The van der Waals surface area contributed by atoms with Gasteiger partial charge in [0.2, 0.25) is 0 Å². The lowest BCUT2D eigenvalue weighted by atomic mass is 10.0. The number of esters is 2. The Morgan fingerprint density at radius 2 is 1.11 bits per heavy atom. The van der Waals surface area contributed by atoms with E-state index in [1.54, 1.807) is 0 Å². The average molecular weight is 382 g/mol. The predicted molar refractivity (Wildman–Crippen MR) is 101 cm³/mol. The van der Waals surface area contributed by atoms with Gasteiger partial charge in [0, 0.05) is 23.3 Å². The molecule has 7 nitrogen and oxygen atoms in total. The van der Waals surface area contributed by atoms with E-state index in [4.69, 9.17) is 9.47 Å². The summed E-state index contributed by atoms with van der Waals surface area (Å²) in [5, 5.41) is 20.2. The zero-order chi connectivity index (χ0) is 21.0. The number of hydrogen-bond acceptors (Lipinski definition) is 7. The van der Waals surface area contributed by atoms with Crippen molar-refractivity contribution in [2.24, 2.45) is 0 Å². The van der Waals surface area contributed by atoms with E-state index in [0.717, 1.165) is 12.1 Å². The molecule has 0 fully saturated rings. The number of phenolic OH excluding ortho intramolecular Hbond substituents is 2. The summed E-state index contributed by atoms with van der Waals surface area (Å²) in [6, 6.07) is 7.38. The highest BCUT2D eigenvalue weighted by Crippen LogP contribution is 2.31. The number of ether oxygens (including phenoxy) is 2. The molecule has 0 aliphatic rings. The molecule has 0 unspecified atom stereocenters. The van der Waals surface area contributed by atoms with Crippen LogP contribution in [0.1, 0.15) is 29.8 Å². The van der Waals surface area contributed by atoms with Crippen LogP contribution in [0.2, 0.25) is 0 Å². The first-order chi connectivity index (χ1) is 13.1. The van der Waals surface area contributed by atoms with Gasteiger partial charge in [0.05, 0.1) is 11.1 Å². The highest BCUT2D eigenvalue weighted by Gasteiger charge is 2.19. The van der Waals surface area contributed by atoms with Crippen molar-refractivity contribution in [1.29, 1.82) is 0 Å². The number of phenols is 2. The van der Waals surface area contributed by atoms with E-state index in [-0.39, 0.29) is 33.8 Å².